The number of fused-ring (bicyclic) bond motifs is 2. The van der Waals surface area contributed by atoms with Gasteiger partial charge >= 0.3 is 0 Å². The molecule has 2 aliphatic carbocycles. The van der Waals surface area contributed by atoms with Gasteiger partial charge in [-0.1, -0.05) is 11.6 Å². The quantitative estimate of drug-likeness (QED) is 0.685. The molecule has 1 heterocycles. The first kappa shape index (κ1) is 10.5. The summed E-state index contributed by atoms with van der Waals surface area (Å²) in [6, 6.07) is 2.06. The molecule has 0 saturated heterocycles. The molecule has 0 radical (unpaired) electrons. The Bertz CT molecular complexity index is 512. The predicted octanol–water partition coefficient (Wildman–Crippen LogP) is 2.26. The Balaban J connectivity index is 2.13. The number of aromatic nitrogens is 1. The van der Waals surface area contributed by atoms with Gasteiger partial charge in [-0.15, -0.1) is 0 Å². The minimum atomic E-state index is -0.450. The maximum Gasteiger partial charge on any atom is 0.186 e. The Morgan fingerprint density at radius 2 is 2.06 bits per heavy atom. The van der Waals surface area contributed by atoms with E-state index in [1.165, 1.54) is 0 Å². The van der Waals surface area contributed by atoms with Crippen LogP contribution < -0.4 is 0 Å². The van der Waals surface area contributed by atoms with Gasteiger partial charge in [0.05, 0.1) is 5.41 Å². The number of nitriles is 1. The number of Topliss-reactive ketones (excluding diaryl/α,β-unsaturated/α-hetero) is 1. The second kappa shape index (κ2) is 3.69. The number of carbonyl (C=O) groups excluding carboxylic acids is 1. The summed E-state index contributed by atoms with van der Waals surface area (Å²) in [5.41, 5.74) is 0.806. The Labute approximate surface area is 99.6 Å². The van der Waals surface area contributed by atoms with Gasteiger partial charge in [0.1, 0.15) is 11.9 Å². The van der Waals surface area contributed by atoms with Crippen LogP contribution in [0.15, 0.2) is 4.52 Å². The van der Waals surface area contributed by atoms with Crippen LogP contribution in [0.1, 0.15) is 55.5 Å². The van der Waals surface area contributed by atoms with Crippen molar-refractivity contribution in [1.29, 1.82) is 5.26 Å². The average molecular weight is 230 g/mol. The molecule has 1 aromatic heterocycles. The van der Waals surface area contributed by atoms with E-state index in [-0.39, 0.29) is 5.78 Å². The molecule has 1 saturated carbocycles. The summed E-state index contributed by atoms with van der Waals surface area (Å²) in [7, 11) is 0. The summed E-state index contributed by atoms with van der Waals surface area (Å²) in [4.78, 5) is 12.3. The number of nitrogens with zero attached hydrogens (tertiary/aromatic N) is 2. The van der Waals surface area contributed by atoms with Gasteiger partial charge < -0.3 is 4.52 Å². The minimum Gasteiger partial charge on any atom is -0.359 e. The van der Waals surface area contributed by atoms with Crippen LogP contribution in [0.25, 0.3) is 0 Å². The maximum atomic E-state index is 12.3. The van der Waals surface area contributed by atoms with Crippen molar-refractivity contribution in [2.24, 2.45) is 0 Å². The van der Waals surface area contributed by atoms with Gasteiger partial charge in [-0.3, -0.25) is 4.79 Å². The smallest absolute Gasteiger partial charge is 0.186 e. The van der Waals surface area contributed by atoms with Gasteiger partial charge in [0.25, 0.3) is 0 Å². The van der Waals surface area contributed by atoms with E-state index in [0.717, 1.165) is 44.1 Å². The summed E-state index contributed by atoms with van der Waals surface area (Å²) < 4.78 is 5.35. The van der Waals surface area contributed by atoms with Crippen molar-refractivity contribution in [3.8, 4) is 6.07 Å². The molecule has 88 valence electrons. The molecule has 1 fully saturated rings. The molecular formula is C13H14N2O2. The van der Waals surface area contributed by atoms with Gasteiger partial charge in [-0.05, 0) is 32.1 Å². The summed E-state index contributed by atoms with van der Waals surface area (Å²) >= 11 is 0. The average Bonchev–Trinajstić information content (AvgIpc) is 2.77. The van der Waals surface area contributed by atoms with Crippen LogP contribution in [-0.2, 0) is 16.6 Å². The van der Waals surface area contributed by atoms with Crippen LogP contribution >= 0.6 is 0 Å². The lowest BCUT2D eigenvalue weighted by atomic mass is 9.64. The summed E-state index contributed by atoms with van der Waals surface area (Å²) in [6.07, 6.45) is 6.17. The fraction of sp³-hybridized carbons (Fsp3) is 0.615. The molecule has 0 N–H and O–H groups in total. The van der Waals surface area contributed by atoms with Crippen molar-refractivity contribution in [1.82, 2.24) is 5.16 Å². The van der Waals surface area contributed by atoms with Crippen molar-refractivity contribution in [2.75, 3.05) is 0 Å². The fourth-order valence-corrected chi connectivity index (χ4v) is 3.28. The Hall–Kier alpha value is -1.63. The summed E-state index contributed by atoms with van der Waals surface area (Å²) in [6.45, 7) is 0. The van der Waals surface area contributed by atoms with Gasteiger partial charge in [-0.25, -0.2) is 0 Å². The zero-order valence-electron chi connectivity index (χ0n) is 9.66. The van der Waals surface area contributed by atoms with Crippen LogP contribution in [0, 0.1) is 11.3 Å². The standard InChI is InChI=1S/C13H14N2O2/c14-8-10-9-4-3-7-13(12(9)17-15-10)6-2-1-5-11(13)16/h1-7H2/t13-/m1/s1. The van der Waals surface area contributed by atoms with Crippen LogP contribution in [-0.4, -0.2) is 10.9 Å². The molecule has 1 aromatic rings. The highest BCUT2D eigenvalue weighted by Crippen LogP contribution is 2.46. The number of rotatable bonds is 0. The molecular weight excluding hydrogens is 216 g/mol. The zero-order valence-corrected chi connectivity index (χ0v) is 9.66. The lowest BCUT2D eigenvalue weighted by Crippen LogP contribution is -2.41. The van der Waals surface area contributed by atoms with Crippen molar-refractivity contribution in [2.45, 2.75) is 50.4 Å². The number of ketones is 1. The molecule has 2 aliphatic rings. The van der Waals surface area contributed by atoms with Crippen LogP contribution in [0.3, 0.4) is 0 Å². The summed E-state index contributed by atoms with van der Waals surface area (Å²) in [5.74, 6) is 0.982. The Morgan fingerprint density at radius 1 is 1.24 bits per heavy atom. The lowest BCUT2D eigenvalue weighted by Gasteiger charge is -2.36. The van der Waals surface area contributed by atoms with Crippen molar-refractivity contribution >= 4 is 5.78 Å². The van der Waals surface area contributed by atoms with Gasteiger partial charge in [0, 0.05) is 12.0 Å². The van der Waals surface area contributed by atoms with Crippen LogP contribution in [0.2, 0.25) is 0 Å². The van der Waals surface area contributed by atoms with E-state index in [1.807, 2.05) is 0 Å². The van der Waals surface area contributed by atoms with E-state index in [2.05, 4.69) is 11.2 Å². The molecule has 0 unspecified atom stereocenters. The topological polar surface area (TPSA) is 66.9 Å². The predicted molar refractivity (Wildman–Crippen MR) is 59.3 cm³/mol. The van der Waals surface area contributed by atoms with E-state index in [4.69, 9.17) is 9.78 Å². The number of hydrogen-bond donors (Lipinski definition) is 0. The Kier molecular flexibility index (Phi) is 2.29. The van der Waals surface area contributed by atoms with Crippen LogP contribution in [0.4, 0.5) is 0 Å². The van der Waals surface area contributed by atoms with Gasteiger partial charge in [0.15, 0.2) is 11.5 Å². The van der Waals surface area contributed by atoms with Crippen molar-refractivity contribution in [3.63, 3.8) is 0 Å². The molecule has 0 aromatic carbocycles. The zero-order chi connectivity index (χ0) is 11.9. The molecule has 1 atom stereocenters. The van der Waals surface area contributed by atoms with E-state index < -0.39 is 5.41 Å². The van der Waals surface area contributed by atoms with Crippen molar-refractivity contribution < 1.29 is 9.32 Å². The molecule has 0 bridgehead atoms. The van der Waals surface area contributed by atoms with Crippen molar-refractivity contribution in [3.05, 3.63) is 17.0 Å². The lowest BCUT2D eigenvalue weighted by molar-refractivity contribution is -0.128. The largest absolute Gasteiger partial charge is 0.359 e. The highest BCUT2D eigenvalue weighted by Gasteiger charge is 2.48. The number of hydrogen-bond acceptors (Lipinski definition) is 4. The fourth-order valence-electron chi connectivity index (χ4n) is 3.28. The Morgan fingerprint density at radius 3 is 2.82 bits per heavy atom. The molecule has 0 amide bonds. The highest BCUT2D eigenvalue weighted by atomic mass is 16.5. The first-order chi connectivity index (χ1) is 8.28. The SMILES string of the molecule is N#Cc1noc2c1CCC[C@@]21CCCCC1=O. The second-order valence-corrected chi connectivity index (χ2v) is 5.02. The summed E-state index contributed by atoms with van der Waals surface area (Å²) in [5, 5.41) is 12.8. The first-order valence-corrected chi connectivity index (χ1v) is 6.20. The molecule has 4 nitrogen and oxygen atoms in total. The molecule has 0 aliphatic heterocycles. The second-order valence-electron chi connectivity index (χ2n) is 5.02. The van der Waals surface area contributed by atoms with E-state index in [9.17, 15) is 4.79 Å². The monoisotopic (exact) mass is 230 g/mol. The van der Waals surface area contributed by atoms with Crippen LogP contribution in [0.5, 0.6) is 0 Å². The van der Waals surface area contributed by atoms with E-state index in [1.54, 1.807) is 0 Å². The highest BCUT2D eigenvalue weighted by molar-refractivity contribution is 5.90. The van der Waals surface area contributed by atoms with Gasteiger partial charge in [0.2, 0.25) is 0 Å². The van der Waals surface area contributed by atoms with E-state index in [0.29, 0.717) is 17.9 Å². The third-order valence-electron chi connectivity index (χ3n) is 4.15. The normalized spacial score (nSPS) is 27.8. The molecule has 3 rings (SSSR count). The van der Waals surface area contributed by atoms with Gasteiger partial charge in [-0.2, -0.15) is 5.26 Å². The molecule has 4 heteroatoms. The minimum absolute atomic E-state index is 0.283. The third-order valence-corrected chi connectivity index (χ3v) is 4.15. The van der Waals surface area contributed by atoms with E-state index >= 15 is 0 Å². The molecule has 1 spiro atoms. The third kappa shape index (κ3) is 1.35. The maximum absolute atomic E-state index is 12.3. The molecule has 17 heavy (non-hydrogen) atoms. The first-order valence-electron chi connectivity index (χ1n) is 6.20. The number of carbonyl (C=O) groups is 1.